The highest BCUT2D eigenvalue weighted by Gasteiger charge is 2.60. The Kier molecular flexibility index (Phi) is 17.8. The minimum absolute atomic E-state index is 1.09. The van der Waals surface area contributed by atoms with Crippen molar-refractivity contribution < 1.29 is 0 Å². The van der Waals surface area contributed by atoms with Gasteiger partial charge in [0.2, 0.25) is 0 Å². The first-order valence-corrected chi connectivity index (χ1v) is 34.8. The number of fused-ring (bicyclic) bond motifs is 1. The molecule has 12 rings (SSSR count). The van der Waals surface area contributed by atoms with Gasteiger partial charge in [-0.1, -0.05) is 270 Å². The fourth-order valence-corrected chi connectivity index (χ4v) is 25.1. The van der Waals surface area contributed by atoms with Gasteiger partial charge >= 0.3 is 0 Å². The van der Waals surface area contributed by atoms with Crippen molar-refractivity contribution in [3.8, 4) is 0 Å². The smallest absolute Gasteiger partial charge is 0.0318 e. The molecule has 0 nitrogen and oxygen atoms in total. The van der Waals surface area contributed by atoms with Crippen LogP contribution in [0.4, 0.5) is 0 Å². The molecule has 0 aromatic carbocycles. The molecular formula is C70H118. The fraction of sp³-hybridized carbons (Fsp3) is 1.00. The Hall–Kier alpha value is 0. The third kappa shape index (κ3) is 10.8. The molecule has 0 heterocycles. The van der Waals surface area contributed by atoms with E-state index in [4.69, 9.17) is 0 Å². The van der Waals surface area contributed by atoms with Gasteiger partial charge in [0.05, 0.1) is 0 Å². The van der Waals surface area contributed by atoms with E-state index in [0.717, 1.165) is 130 Å². The van der Waals surface area contributed by atoms with Crippen molar-refractivity contribution in [2.24, 2.45) is 130 Å². The van der Waals surface area contributed by atoms with E-state index in [1.165, 1.54) is 0 Å². The summed E-state index contributed by atoms with van der Waals surface area (Å²) in [5.74, 6) is 24.1. The van der Waals surface area contributed by atoms with Gasteiger partial charge in [0.1, 0.15) is 0 Å². The van der Waals surface area contributed by atoms with Crippen molar-refractivity contribution in [3.63, 3.8) is 0 Å². The standard InChI is InChI=1S/C70H118/c1-9-27-49(28-10-1)61-47-63(67(53-35-17-5-18-36-53)69(55-39-21-7-22-40-55)65(61)51-31-13-3-14-32-51)59-45-46-60(58-44-26-25-43-57(58)59)64-48-62(50-29-11-2-12-30-50)66(52-33-15-4-16-34-52)70(56-41-23-8-24-42-56)68(64)54-37-19-6-20-38-54/h49-70H,1-48H2. The molecular weight excluding hydrogens is 841 g/mol. The van der Waals surface area contributed by atoms with Gasteiger partial charge < -0.3 is 0 Å². The predicted molar refractivity (Wildman–Crippen MR) is 298 cm³/mol. The van der Waals surface area contributed by atoms with Crippen molar-refractivity contribution in [1.29, 1.82) is 0 Å². The van der Waals surface area contributed by atoms with E-state index in [-0.39, 0.29) is 0 Å². The maximum absolute atomic E-state index is 1.74. The van der Waals surface area contributed by atoms with E-state index in [0.29, 0.717) is 0 Å². The van der Waals surface area contributed by atoms with Gasteiger partial charge in [-0.15, -0.1) is 0 Å². The normalized spacial score (nSPS) is 44.2. The van der Waals surface area contributed by atoms with Gasteiger partial charge in [0, 0.05) is 0 Å². The second-order valence-corrected chi connectivity index (χ2v) is 30.3. The lowest BCUT2D eigenvalue weighted by atomic mass is 9.41. The topological polar surface area (TPSA) is 0 Å². The van der Waals surface area contributed by atoms with Crippen LogP contribution in [0.1, 0.15) is 308 Å². The van der Waals surface area contributed by atoms with E-state index in [9.17, 15) is 0 Å². The zero-order valence-corrected chi connectivity index (χ0v) is 46.6. The summed E-state index contributed by atoms with van der Waals surface area (Å²) in [7, 11) is 0. The van der Waals surface area contributed by atoms with Gasteiger partial charge in [-0.3, -0.25) is 0 Å². The molecule has 0 bridgehead atoms. The number of rotatable bonds is 10. The summed E-state index contributed by atoms with van der Waals surface area (Å²) in [4.78, 5) is 0. The Balaban J connectivity index is 0.928. The van der Waals surface area contributed by atoms with Gasteiger partial charge in [-0.05, 0) is 169 Å². The summed E-state index contributed by atoms with van der Waals surface area (Å²) in [5, 5.41) is 0. The van der Waals surface area contributed by atoms with Gasteiger partial charge in [0.25, 0.3) is 0 Å². The highest BCUT2D eigenvalue weighted by molar-refractivity contribution is 5.09. The minimum atomic E-state index is 1.09. The number of hydrogen-bond acceptors (Lipinski definition) is 0. The van der Waals surface area contributed by atoms with E-state index in [1.54, 1.807) is 308 Å². The zero-order chi connectivity index (χ0) is 46.6. The summed E-state index contributed by atoms with van der Waals surface area (Å²) in [6.07, 6.45) is 77.2. The van der Waals surface area contributed by atoms with Gasteiger partial charge in [-0.25, -0.2) is 0 Å². The lowest BCUT2D eigenvalue weighted by molar-refractivity contribution is -0.150. The molecule has 0 heteroatoms. The fourth-order valence-electron chi connectivity index (χ4n) is 25.1. The lowest BCUT2D eigenvalue weighted by Gasteiger charge is -2.63. The second-order valence-electron chi connectivity index (χ2n) is 30.3. The summed E-state index contributed by atoms with van der Waals surface area (Å²) < 4.78 is 0. The molecule has 12 aliphatic rings. The Bertz CT molecular complexity index is 1400. The molecule has 0 aliphatic heterocycles. The maximum Gasteiger partial charge on any atom is -0.0318 e. The van der Waals surface area contributed by atoms with Crippen LogP contribution in [0.15, 0.2) is 0 Å². The molecule has 398 valence electrons. The lowest BCUT2D eigenvalue weighted by Crippen LogP contribution is -2.57. The molecule has 0 saturated heterocycles. The van der Waals surface area contributed by atoms with Crippen LogP contribution >= 0.6 is 0 Å². The molecule has 70 heavy (non-hydrogen) atoms. The van der Waals surface area contributed by atoms with Crippen LogP contribution in [0.25, 0.3) is 0 Å². The summed E-state index contributed by atoms with van der Waals surface area (Å²) in [6.45, 7) is 0. The van der Waals surface area contributed by atoms with Crippen molar-refractivity contribution in [2.75, 3.05) is 0 Å². The molecule has 12 fully saturated rings. The Labute approximate surface area is 436 Å². The highest BCUT2D eigenvalue weighted by Crippen LogP contribution is 2.68. The molecule has 0 radical (unpaired) electrons. The third-order valence-corrected chi connectivity index (χ3v) is 27.4. The molecule has 0 spiro atoms. The van der Waals surface area contributed by atoms with Crippen molar-refractivity contribution in [3.05, 3.63) is 0 Å². The van der Waals surface area contributed by atoms with E-state index in [2.05, 4.69) is 0 Å². The first kappa shape index (κ1) is 50.8. The molecule has 0 N–H and O–H groups in total. The molecule has 14 unspecified atom stereocenters. The molecule has 0 aromatic rings. The van der Waals surface area contributed by atoms with E-state index < -0.39 is 0 Å². The largest absolute Gasteiger partial charge is 0.0533 e. The summed E-state index contributed by atoms with van der Waals surface area (Å²) in [6, 6.07) is 0. The maximum atomic E-state index is 1.74. The summed E-state index contributed by atoms with van der Waals surface area (Å²) in [5.41, 5.74) is 0. The van der Waals surface area contributed by atoms with Crippen LogP contribution in [-0.4, -0.2) is 0 Å². The predicted octanol–water partition coefficient (Wildman–Crippen LogP) is 21.4. The first-order valence-electron chi connectivity index (χ1n) is 34.8. The van der Waals surface area contributed by atoms with Crippen molar-refractivity contribution in [1.82, 2.24) is 0 Å². The minimum Gasteiger partial charge on any atom is -0.0533 e. The Morgan fingerprint density at radius 1 is 0.114 bits per heavy atom. The second kappa shape index (κ2) is 24.6. The SMILES string of the molecule is C1CCC(C2CC(C3CCC(C4CC(C5CCCCC5)C(C5CCCCC5)C(C5CCCCC5)C4C4CCCCC4)C4CCCCC43)C(C3CCCCC3)C(C3CCCCC3)C2C2CCCCC2)CC1. The van der Waals surface area contributed by atoms with Crippen LogP contribution in [0, 0.1) is 130 Å². The molecule has 12 aliphatic carbocycles. The molecule has 0 aromatic heterocycles. The Morgan fingerprint density at radius 3 is 0.557 bits per heavy atom. The monoisotopic (exact) mass is 959 g/mol. The zero-order valence-electron chi connectivity index (χ0n) is 46.6. The third-order valence-electron chi connectivity index (χ3n) is 27.4. The van der Waals surface area contributed by atoms with Crippen LogP contribution in [-0.2, 0) is 0 Å². The van der Waals surface area contributed by atoms with Crippen molar-refractivity contribution in [2.45, 2.75) is 308 Å². The summed E-state index contributed by atoms with van der Waals surface area (Å²) >= 11 is 0. The van der Waals surface area contributed by atoms with E-state index in [1.807, 2.05) is 0 Å². The first-order chi connectivity index (χ1) is 34.8. The van der Waals surface area contributed by atoms with Crippen LogP contribution in [0.2, 0.25) is 0 Å². The average Bonchev–Trinajstić information content (AvgIpc) is 3.45. The van der Waals surface area contributed by atoms with Crippen LogP contribution < -0.4 is 0 Å². The molecule has 14 atom stereocenters. The number of hydrogen-bond donors (Lipinski definition) is 0. The van der Waals surface area contributed by atoms with Gasteiger partial charge in [-0.2, -0.15) is 0 Å². The van der Waals surface area contributed by atoms with E-state index >= 15 is 0 Å². The quantitative estimate of drug-likeness (QED) is 0.205. The van der Waals surface area contributed by atoms with Crippen molar-refractivity contribution >= 4 is 0 Å². The Morgan fingerprint density at radius 2 is 0.300 bits per heavy atom. The van der Waals surface area contributed by atoms with Gasteiger partial charge in [0.15, 0.2) is 0 Å². The van der Waals surface area contributed by atoms with Crippen LogP contribution in [0.5, 0.6) is 0 Å². The highest BCUT2D eigenvalue weighted by atomic mass is 14.7. The molecule has 0 amide bonds. The average molecular weight is 960 g/mol. The van der Waals surface area contributed by atoms with Crippen LogP contribution in [0.3, 0.4) is 0 Å². The molecule has 12 saturated carbocycles.